The molecule has 162 valence electrons. The van der Waals surface area contributed by atoms with Crippen LogP contribution in [0.5, 0.6) is 0 Å². The molecular weight excluding hydrogens is 404 g/mol. The van der Waals surface area contributed by atoms with E-state index in [9.17, 15) is 18.0 Å². The first-order valence-electron chi connectivity index (χ1n) is 9.81. The summed E-state index contributed by atoms with van der Waals surface area (Å²) in [5.74, 6) is -1.15. The molecular formula is C22H28N2O5S. The highest BCUT2D eigenvalue weighted by Crippen LogP contribution is 2.23. The van der Waals surface area contributed by atoms with Crippen molar-refractivity contribution in [2.45, 2.75) is 44.6 Å². The van der Waals surface area contributed by atoms with Crippen LogP contribution in [0.2, 0.25) is 0 Å². The number of carbonyl (C=O) groups is 2. The Morgan fingerprint density at radius 1 is 1.07 bits per heavy atom. The summed E-state index contributed by atoms with van der Waals surface area (Å²) in [4.78, 5) is 24.2. The van der Waals surface area contributed by atoms with Gasteiger partial charge in [0.1, 0.15) is 0 Å². The van der Waals surface area contributed by atoms with Gasteiger partial charge in [-0.15, -0.1) is 0 Å². The fraction of sp³-hybridized carbons (Fsp3) is 0.364. The van der Waals surface area contributed by atoms with Crippen molar-refractivity contribution in [3.8, 4) is 0 Å². The van der Waals surface area contributed by atoms with Crippen LogP contribution in [-0.4, -0.2) is 40.0 Å². The minimum Gasteiger partial charge on any atom is -0.452 e. The van der Waals surface area contributed by atoms with E-state index >= 15 is 0 Å². The lowest BCUT2D eigenvalue weighted by molar-refractivity contribution is -0.125. The van der Waals surface area contributed by atoms with Crippen LogP contribution >= 0.6 is 0 Å². The molecule has 2 aromatic rings. The summed E-state index contributed by atoms with van der Waals surface area (Å²) in [7, 11) is -2.42. The molecule has 0 unspecified atom stereocenters. The highest BCUT2D eigenvalue weighted by Gasteiger charge is 2.23. The van der Waals surface area contributed by atoms with Crippen LogP contribution in [0.15, 0.2) is 53.4 Å². The molecule has 0 saturated carbocycles. The Kier molecular flexibility index (Phi) is 8.00. The van der Waals surface area contributed by atoms with Crippen LogP contribution in [0.1, 0.15) is 42.6 Å². The molecule has 0 aromatic heterocycles. The number of benzene rings is 2. The zero-order valence-electron chi connectivity index (χ0n) is 17.7. The number of amides is 1. The van der Waals surface area contributed by atoms with Gasteiger partial charge in [0, 0.05) is 13.1 Å². The molecule has 7 nitrogen and oxygen atoms in total. The lowest BCUT2D eigenvalue weighted by Gasteiger charge is -2.20. The maximum Gasteiger partial charge on any atom is 0.338 e. The molecule has 0 radical (unpaired) electrons. The minimum absolute atomic E-state index is 0.0296. The van der Waals surface area contributed by atoms with Crippen LogP contribution in [-0.2, 0) is 19.6 Å². The van der Waals surface area contributed by atoms with E-state index in [1.807, 2.05) is 32.9 Å². The minimum atomic E-state index is -3.87. The maximum atomic E-state index is 13.0. The van der Waals surface area contributed by atoms with E-state index in [1.54, 1.807) is 12.1 Å². The molecule has 0 atom stereocenters. The summed E-state index contributed by atoms with van der Waals surface area (Å²) < 4.78 is 32.1. The Morgan fingerprint density at radius 2 is 1.70 bits per heavy atom. The van der Waals surface area contributed by atoms with E-state index in [0.29, 0.717) is 5.69 Å². The van der Waals surface area contributed by atoms with E-state index in [-0.39, 0.29) is 22.4 Å². The fourth-order valence-electron chi connectivity index (χ4n) is 2.81. The van der Waals surface area contributed by atoms with E-state index in [0.717, 1.165) is 22.7 Å². The number of aryl methyl sites for hydroxylation is 1. The van der Waals surface area contributed by atoms with Gasteiger partial charge in [0.25, 0.3) is 15.9 Å². The molecule has 0 aliphatic heterocycles. The first-order chi connectivity index (χ1) is 14.2. The van der Waals surface area contributed by atoms with Gasteiger partial charge >= 0.3 is 5.97 Å². The normalized spacial score (nSPS) is 11.2. The Labute approximate surface area is 178 Å². The third-order valence-corrected chi connectivity index (χ3v) is 6.59. The summed E-state index contributed by atoms with van der Waals surface area (Å²) in [5.41, 5.74) is 1.58. The third-order valence-electron chi connectivity index (χ3n) is 4.81. The Balaban J connectivity index is 2.11. The second-order valence-corrected chi connectivity index (χ2v) is 8.96. The maximum absolute atomic E-state index is 13.0. The smallest absolute Gasteiger partial charge is 0.338 e. The van der Waals surface area contributed by atoms with Gasteiger partial charge in [0.15, 0.2) is 6.61 Å². The molecule has 0 saturated heterocycles. The van der Waals surface area contributed by atoms with Gasteiger partial charge in [0.05, 0.1) is 16.1 Å². The second kappa shape index (κ2) is 10.2. The summed E-state index contributed by atoms with van der Waals surface area (Å²) in [5, 5.41) is 2.78. The van der Waals surface area contributed by atoms with Crippen LogP contribution < -0.4 is 9.62 Å². The number of rotatable bonds is 9. The van der Waals surface area contributed by atoms with Crippen LogP contribution in [0.4, 0.5) is 5.69 Å². The van der Waals surface area contributed by atoms with Gasteiger partial charge in [-0.3, -0.25) is 9.10 Å². The van der Waals surface area contributed by atoms with Crippen molar-refractivity contribution in [2.75, 3.05) is 18.0 Å². The highest BCUT2D eigenvalue weighted by atomic mass is 32.2. The number of hydrogen-bond donors (Lipinski definition) is 1. The zero-order valence-corrected chi connectivity index (χ0v) is 18.5. The van der Waals surface area contributed by atoms with Gasteiger partial charge < -0.3 is 10.1 Å². The molecule has 0 aliphatic rings. The molecule has 1 N–H and O–H groups in total. The molecule has 30 heavy (non-hydrogen) atoms. The van der Waals surface area contributed by atoms with Crippen LogP contribution in [0.25, 0.3) is 0 Å². The largest absolute Gasteiger partial charge is 0.452 e. The van der Waals surface area contributed by atoms with Crippen molar-refractivity contribution in [3.63, 3.8) is 0 Å². The summed E-state index contributed by atoms with van der Waals surface area (Å²) in [6.07, 6.45) is 1.56. The van der Waals surface area contributed by atoms with Gasteiger partial charge in [-0.05, 0) is 50.1 Å². The average molecular weight is 433 g/mol. The van der Waals surface area contributed by atoms with E-state index in [2.05, 4.69) is 5.32 Å². The first-order valence-corrected chi connectivity index (χ1v) is 11.2. The average Bonchev–Trinajstić information content (AvgIpc) is 2.75. The lowest BCUT2D eigenvalue weighted by Crippen LogP contribution is -2.36. The van der Waals surface area contributed by atoms with Crippen LogP contribution in [0, 0.1) is 6.92 Å². The lowest BCUT2D eigenvalue weighted by atomic mass is 10.2. The number of hydrogen-bond acceptors (Lipinski definition) is 5. The number of ether oxygens (including phenoxy) is 1. The van der Waals surface area contributed by atoms with Crippen LogP contribution in [0.3, 0.4) is 0 Å². The van der Waals surface area contributed by atoms with Crippen molar-refractivity contribution in [2.24, 2.45) is 0 Å². The van der Waals surface area contributed by atoms with Crippen molar-refractivity contribution in [1.82, 2.24) is 5.32 Å². The number of nitrogens with zero attached hydrogens (tertiary/aromatic N) is 1. The third kappa shape index (κ3) is 5.82. The van der Waals surface area contributed by atoms with Crippen molar-refractivity contribution >= 4 is 27.6 Å². The molecule has 2 aromatic carbocycles. The van der Waals surface area contributed by atoms with Crippen molar-refractivity contribution < 1.29 is 22.7 Å². The monoisotopic (exact) mass is 432 g/mol. The standard InChI is InChI=1S/C22H28N2O5S/c1-5-18(6-2)23-21(25)15-29-22(26)17-8-7-9-20(14-17)30(27,28)24(4)19-12-10-16(3)11-13-19/h7-14,18H,5-6,15H2,1-4H3,(H,23,25). The molecule has 0 heterocycles. The van der Waals surface area contributed by atoms with Gasteiger partial charge in [-0.1, -0.05) is 37.6 Å². The molecule has 0 aliphatic carbocycles. The topological polar surface area (TPSA) is 92.8 Å². The summed E-state index contributed by atoms with van der Waals surface area (Å²) in [6.45, 7) is 5.41. The van der Waals surface area contributed by atoms with Crippen molar-refractivity contribution in [3.05, 3.63) is 59.7 Å². The number of sulfonamides is 1. The number of anilines is 1. The molecule has 8 heteroatoms. The molecule has 1 amide bonds. The van der Waals surface area contributed by atoms with Gasteiger partial charge in [-0.2, -0.15) is 0 Å². The predicted molar refractivity (Wildman–Crippen MR) is 116 cm³/mol. The number of nitrogens with one attached hydrogen (secondary N) is 1. The predicted octanol–water partition coefficient (Wildman–Crippen LogP) is 3.28. The summed E-state index contributed by atoms with van der Waals surface area (Å²) >= 11 is 0. The summed E-state index contributed by atoms with van der Waals surface area (Å²) in [6, 6.07) is 12.7. The highest BCUT2D eigenvalue weighted by molar-refractivity contribution is 7.92. The Bertz CT molecular complexity index is 983. The quantitative estimate of drug-likeness (QED) is 0.614. The molecule has 0 bridgehead atoms. The van der Waals surface area contributed by atoms with E-state index < -0.39 is 22.6 Å². The second-order valence-electron chi connectivity index (χ2n) is 6.99. The zero-order chi connectivity index (χ0) is 22.3. The molecule has 0 spiro atoms. The van der Waals surface area contributed by atoms with Crippen molar-refractivity contribution in [1.29, 1.82) is 0 Å². The Hall–Kier alpha value is -2.87. The SMILES string of the molecule is CCC(CC)NC(=O)COC(=O)c1cccc(S(=O)(=O)N(C)c2ccc(C)cc2)c1. The van der Waals surface area contributed by atoms with Gasteiger partial charge in [-0.25, -0.2) is 13.2 Å². The first kappa shape index (κ1) is 23.4. The molecule has 0 fully saturated rings. The van der Waals surface area contributed by atoms with E-state index in [1.165, 1.54) is 31.3 Å². The number of carbonyl (C=O) groups excluding carboxylic acids is 2. The fourth-order valence-corrected chi connectivity index (χ4v) is 4.05. The van der Waals surface area contributed by atoms with E-state index in [4.69, 9.17) is 4.74 Å². The number of esters is 1. The van der Waals surface area contributed by atoms with Gasteiger partial charge in [0.2, 0.25) is 0 Å². The Morgan fingerprint density at radius 3 is 2.30 bits per heavy atom. The molecule has 2 rings (SSSR count).